The van der Waals surface area contributed by atoms with Gasteiger partial charge in [-0.05, 0) is 13.8 Å². The van der Waals surface area contributed by atoms with Crippen LogP contribution in [0.15, 0.2) is 12.4 Å². The number of rotatable bonds is 2. The monoisotopic (exact) mass is 254 g/mol. The average molecular weight is 254 g/mol. The first kappa shape index (κ1) is 12.3. The van der Waals surface area contributed by atoms with Crippen LogP contribution in [0, 0.1) is 0 Å². The van der Waals surface area contributed by atoms with Crippen LogP contribution in [-0.4, -0.2) is 44.2 Å². The van der Waals surface area contributed by atoms with Crippen molar-refractivity contribution in [3.8, 4) is 0 Å². The molecule has 1 aliphatic rings. The van der Waals surface area contributed by atoms with Crippen LogP contribution in [-0.2, 0) is 11.3 Å². The fraction of sp³-hybridized carbons (Fsp3) is 0.636. The molecule has 0 atom stereocenters. The summed E-state index contributed by atoms with van der Waals surface area (Å²) in [7, 11) is 0. The van der Waals surface area contributed by atoms with Gasteiger partial charge in [-0.15, -0.1) is 0 Å². The number of nitrogens with two attached hydrogens (primary N) is 1. The van der Waals surface area contributed by atoms with E-state index in [4.69, 9.17) is 5.73 Å². The maximum atomic E-state index is 12.1. The number of thioether (sulfide) groups is 1. The molecule has 0 spiro atoms. The first-order chi connectivity index (χ1) is 7.96. The molecule has 0 bridgehead atoms. The van der Waals surface area contributed by atoms with Crippen molar-refractivity contribution in [2.24, 2.45) is 0 Å². The van der Waals surface area contributed by atoms with Crippen LogP contribution in [0.5, 0.6) is 0 Å². The lowest BCUT2D eigenvalue weighted by molar-refractivity contribution is -0.132. The summed E-state index contributed by atoms with van der Waals surface area (Å²) in [5, 5.41) is 4.03. The van der Waals surface area contributed by atoms with Gasteiger partial charge in [0.15, 0.2) is 0 Å². The van der Waals surface area contributed by atoms with Gasteiger partial charge in [0.25, 0.3) is 0 Å². The zero-order chi connectivity index (χ0) is 12.5. The van der Waals surface area contributed by atoms with Crippen LogP contribution < -0.4 is 5.73 Å². The number of nitrogens with zero attached hydrogens (tertiary/aromatic N) is 3. The summed E-state index contributed by atoms with van der Waals surface area (Å²) in [4.78, 5) is 14.0. The molecule has 1 aliphatic heterocycles. The summed E-state index contributed by atoms with van der Waals surface area (Å²) in [5.41, 5.74) is 6.15. The minimum Gasteiger partial charge on any atom is -0.396 e. The third kappa shape index (κ3) is 3.15. The molecule has 1 amide bonds. The van der Waals surface area contributed by atoms with E-state index >= 15 is 0 Å². The van der Waals surface area contributed by atoms with Crippen LogP contribution in [0.25, 0.3) is 0 Å². The molecule has 2 N–H and O–H groups in total. The fourth-order valence-electron chi connectivity index (χ4n) is 1.93. The van der Waals surface area contributed by atoms with Crippen molar-refractivity contribution in [2.45, 2.75) is 25.1 Å². The van der Waals surface area contributed by atoms with Gasteiger partial charge in [-0.1, -0.05) is 0 Å². The van der Waals surface area contributed by atoms with Crippen molar-refractivity contribution in [1.82, 2.24) is 14.7 Å². The molecular formula is C11H18N4OS. The summed E-state index contributed by atoms with van der Waals surface area (Å²) in [5.74, 6) is 1.11. The molecule has 6 heteroatoms. The van der Waals surface area contributed by atoms with Crippen molar-refractivity contribution in [3.63, 3.8) is 0 Å². The van der Waals surface area contributed by atoms with E-state index < -0.39 is 0 Å². The number of anilines is 1. The highest BCUT2D eigenvalue weighted by molar-refractivity contribution is 8.00. The summed E-state index contributed by atoms with van der Waals surface area (Å²) in [6, 6.07) is 0. The van der Waals surface area contributed by atoms with Gasteiger partial charge in [0.1, 0.15) is 6.54 Å². The minimum absolute atomic E-state index is 0.112. The average Bonchev–Trinajstić information content (AvgIpc) is 2.62. The molecule has 0 unspecified atom stereocenters. The second-order valence-corrected chi connectivity index (χ2v) is 6.70. The Kier molecular flexibility index (Phi) is 3.33. The third-order valence-corrected chi connectivity index (χ3v) is 4.03. The molecular weight excluding hydrogens is 236 g/mol. The third-order valence-electron chi connectivity index (χ3n) is 2.73. The summed E-state index contributed by atoms with van der Waals surface area (Å²) in [6.07, 6.45) is 3.24. The molecule has 2 heterocycles. The number of amides is 1. The number of aromatic nitrogens is 2. The SMILES string of the molecule is CC1(C)CN(C(=O)Cn2cc(N)cn2)CCS1. The first-order valence-electron chi connectivity index (χ1n) is 5.66. The molecule has 94 valence electrons. The number of carbonyl (C=O) groups excluding carboxylic acids is 1. The van der Waals surface area contributed by atoms with E-state index in [1.54, 1.807) is 17.1 Å². The van der Waals surface area contributed by atoms with Crippen molar-refractivity contribution in [2.75, 3.05) is 24.6 Å². The Morgan fingerprint density at radius 2 is 2.41 bits per heavy atom. The molecule has 0 aliphatic carbocycles. The number of hydrogen-bond donors (Lipinski definition) is 1. The Hall–Kier alpha value is -1.17. The molecule has 5 nitrogen and oxygen atoms in total. The highest BCUT2D eigenvalue weighted by Crippen LogP contribution is 2.29. The second kappa shape index (κ2) is 4.60. The van der Waals surface area contributed by atoms with Gasteiger partial charge < -0.3 is 10.6 Å². The number of nitrogen functional groups attached to an aromatic ring is 1. The minimum atomic E-state index is 0.112. The summed E-state index contributed by atoms with van der Waals surface area (Å²) >= 11 is 1.92. The van der Waals surface area contributed by atoms with Crippen molar-refractivity contribution in [3.05, 3.63) is 12.4 Å². The Bertz CT molecular complexity index is 415. The van der Waals surface area contributed by atoms with E-state index in [2.05, 4.69) is 18.9 Å². The standard InChI is InChI=1S/C11H18N4OS/c1-11(2)8-14(3-4-17-11)10(16)7-15-6-9(12)5-13-15/h5-6H,3-4,7-8,12H2,1-2H3. The Morgan fingerprint density at radius 1 is 1.65 bits per heavy atom. The van der Waals surface area contributed by atoms with E-state index in [0.717, 1.165) is 18.8 Å². The molecule has 1 aromatic rings. The smallest absolute Gasteiger partial charge is 0.244 e. The molecule has 1 aromatic heterocycles. The molecule has 0 saturated carbocycles. The normalized spacial score (nSPS) is 19.3. The Morgan fingerprint density at radius 3 is 3.00 bits per heavy atom. The van der Waals surface area contributed by atoms with Gasteiger partial charge in [-0.25, -0.2) is 0 Å². The summed E-state index contributed by atoms with van der Waals surface area (Å²) < 4.78 is 1.74. The van der Waals surface area contributed by atoms with Crippen molar-refractivity contribution < 1.29 is 4.79 Å². The highest BCUT2D eigenvalue weighted by Gasteiger charge is 2.29. The van der Waals surface area contributed by atoms with Crippen molar-refractivity contribution >= 4 is 23.4 Å². The molecule has 1 fully saturated rings. The van der Waals surface area contributed by atoms with Crippen LogP contribution in [0.3, 0.4) is 0 Å². The van der Waals surface area contributed by atoms with Gasteiger partial charge in [0.05, 0.1) is 11.9 Å². The predicted octanol–water partition coefficient (Wildman–Crippen LogP) is 0.819. The molecule has 2 rings (SSSR count). The molecule has 1 saturated heterocycles. The van der Waals surface area contributed by atoms with E-state index in [1.165, 1.54) is 0 Å². The van der Waals surface area contributed by atoms with Crippen LogP contribution in [0.1, 0.15) is 13.8 Å². The van der Waals surface area contributed by atoms with E-state index in [1.807, 2.05) is 16.7 Å². The predicted molar refractivity (Wildman–Crippen MR) is 69.8 cm³/mol. The lowest BCUT2D eigenvalue weighted by Crippen LogP contribution is -2.47. The van der Waals surface area contributed by atoms with Gasteiger partial charge >= 0.3 is 0 Å². The summed E-state index contributed by atoms with van der Waals surface area (Å²) in [6.45, 7) is 6.24. The van der Waals surface area contributed by atoms with E-state index in [0.29, 0.717) is 5.69 Å². The van der Waals surface area contributed by atoms with Crippen LogP contribution >= 0.6 is 11.8 Å². The quantitative estimate of drug-likeness (QED) is 0.848. The Labute approximate surface area is 105 Å². The maximum Gasteiger partial charge on any atom is 0.244 e. The number of carbonyl (C=O) groups is 1. The maximum absolute atomic E-state index is 12.1. The highest BCUT2D eigenvalue weighted by atomic mass is 32.2. The first-order valence-corrected chi connectivity index (χ1v) is 6.64. The molecule has 17 heavy (non-hydrogen) atoms. The fourth-order valence-corrected chi connectivity index (χ4v) is 3.05. The number of hydrogen-bond acceptors (Lipinski definition) is 4. The lowest BCUT2D eigenvalue weighted by Gasteiger charge is -2.37. The zero-order valence-corrected chi connectivity index (χ0v) is 11.0. The Balaban J connectivity index is 1.96. The van der Waals surface area contributed by atoms with E-state index in [-0.39, 0.29) is 17.2 Å². The van der Waals surface area contributed by atoms with E-state index in [9.17, 15) is 4.79 Å². The topological polar surface area (TPSA) is 64.2 Å². The lowest BCUT2D eigenvalue weighted by atomic mass is 10.2. The molecule has 0 aromatic carbocycles. The zero-order valence-electron chi connectivity index (χ0n) is 10.2. The van der Waals surface area contributed by atoms with Crippen molar-refractivity contribution in [1.29, 1.82) is 0 Å². The van der Waals surface area contributed by atoms with Crippen LogP contribution in [0.2, 0.25) is 0 Å². The van der Waals surface area contributed by atoms with Gasteiger partial charge in [0, 0.05) is 29.8 Å². The largest absolute Gasteiger partial charge is 0.396 e. The van der Waals surface area contributed by atoms with Gasteiger partial charge in [0.2, 0.25) is 5.91 Å². The van der Waals surface area contributed by atoms with Crippen LogP contribution in [0.4, 0.5) is 5.69 Å². The van der Waals surface area contributed by atoms with Gasteiger partial charge in [-0.3, -0.25) is 9.48 Å². The second-order valence-electron chi connectivity index (χ2n) is 4.89. The molecule has 0 radical (unpaired) electrons. The van der Waals surface area contributed by atoms with Gasteiger partial charge in [-0.2, -0.15) is 16.9 Å².